The van der Waals surface area contributed by atoms with Crippen LogP contribution < -0.4 is 5.73 Å². The Morgan fingerprint density at radius 1 is 1.41 bits per heavy atom. The fourth-order valence-electron chi connectivity index (χ4n) is 3.42. The Hall–Kier alpha value is -1.75. The first-order valence-electron chi connectivity index (χ1n) is 7.79. The third-order valence-electron chi connectivity index (χ3n) is 4.37. The number of morpholine rings is 1. The highest BCUT2D eigenvalue weighted by molar-refractivity contribution is 5.71. The number of hydrogen-bond acceptors (Lipinski definition) is 4. The van der Waals surface area contributed by atoms with E-state index in [1.54, 1.807) is 0 Å². The summed E-state index contributed by atoms with van der Waals surface area (Å²) >= 11 is 0. The Morgan fingerprint density at radius 3 is 2.91 bits per heavy atom. The summed E-state index contributed by atoms with van der Waals surface area (Å²) in [5.74, 6) is 0. The lowest BCUT2D eigenvalue weighted by Crippen LogP contribution is -2.56. The van der Waals surface area contributed by atoms with Crippen LogP contribution in [0.3, 0.4) is 0 Å². The molecule has 0 radical (unpaired) electrons. The zero-order valence-corrected chi connectivity index (χ0v) is 13.5. The summed E-state index contributed by atoms with van der Waals surface area (Å²) in [5, 5.41) is 0. The van der Waals surface area contributed by atoms with Gasteiger partial charge in [0.25, 0.3) is 0 Å². The largest absolute Gasteiger partial charge is 0.444 e. The van der Waals surface area contributed by atoms with Crippen molar-refractivity contribution < 1.29 is 14.3 Å². The Labute approximate surface area is 131 Å². The van der Waals surface area contributed by atoms with Gasteiger partial charge < -0.3 is 15.2 Å². The van der Waals surface area contributed by atoms with E-state index in [1.807, 2.05) is 37.8 Å². The van der Waals surface area contributed by atoms with Crippen molar-refractivity contribution in [3.8, 4) is 0 Å². The molecule has 5 heteroatoms. The molecule has 2 N–H and O–H groups in total. The molecule has 1 spiro atoms. The van der Waals surface area contributed by atoms with Crippen LogP contribution in [0.1, 0.15) is 38.3 Å². The average molecular weight is 304 g/mol. The van der Waals surface area contributed by atoms with Crippen LogP contribution in [0.15, 0.2) is 18.2 Å². The lowest BCUT2D eigenvalue weighted by atomic mass is 9.89. The molecule has 1 amide bonds. The molecule has 22 heavy (non-hydrogen) atoms. The van der Waals surface area contributed by atoms with Crippen molar-refractivity contribution in [1.29, 1.82) is 0 Å². The van der Waals surface area contributed by atoms with Gasteiger partial charge in [0.15, 0.2) is 0 Å². The van der Waals surface area contributed by atoms with E-state index >= 15 is 0 Å². The molecule has 2 aliphatic rings. The summed E-state index contributed by atoms with van der Waals surface area (Å²) in [6, 6.07) is 5.95. The van der Waals surface area contributed by atoms with E-state index in [0.29, 0.717) is 19.8 Å². The van der Waals surface area contributed by atoms with Crippen LogP contribution in [0, 0.1) is 0 Å². The highest BCUT2D eigenvalue weighted by atomic mass is 16.6. The van der Waals surface area contributed by atoms with Crippen LogP contribution in [0.5, 0.6) is 0 Å². The fraction of sp³-hybridized carbons (Fsp3) is 0.588. The molecule has 1 atom stereocenters. The fourth-order valence-corrected chi connectivity index (χ4v) is 3.42. The molecule has 0 bridgehead atoms. The van der Waals surface area contributed by atoms with E-state index in [9.17, 15) is 4.79 Å². The second-order valence-corrected chi connectivity index (χ2v) is 7.13. The van der Waals surface area contributed by atoms with E-state index in [4.69, 9.17) is 15.2 Å². The Balaban J connectivity index is 1.98. The number of aryl methyl sites for hydroxylation is 1. The number of nitrogens with two attached hydrogens (primary N) is 1. The van der Waals surface area contributed by atoms with Crippen molar-refractivity contribution in [3.05, 3.63) is 29.3 Å². The Morgan fingerprint density at radius 2 is 2.18 bits per heavy atom. The van der Waals surface area contributed by atoms with Crippen molar-refractivity contribution in [1.82, 2.24) is 4.90 Å². The molecular weight excluding hydrogens is 280 g/mol. The minimum absolute atomic E-state index is 0.272. The number of anilines is 1. The van der Waals surface area contributed by atoms with Crippen molar-refractivity contribution in [2.45, 2.75) is 44.8 Å². The maximum Gasteiger partial charge on any atom is 0.411 e. The predicted molar refractivity (Wildman–Crippen MR) is 84.6 cm³/mol. The number of fused-ring (bicyclic) bond motifs is 2. The van der Waals surface area contributed by atoms with Crippen LogP contribution >= 0.6 is 0 Å². The van der Waals surface area contributed by atoms with E-state index in [-0.39, 0.29) is 6.09 Å². The maximum atomic E-state index is 12.7. The molecule has 1 aromatic rings. The summed E-state index contributed by atoms with van der Waals surface area (Å²) in [6.07, 6.45) is 1.51. The van der Waals surface area contributed by atoms with Gasteiger partial charge in [-0.15, -0.1) is 0 Å². The van der Waals surface area contributed by atoms with Gasteiger partial charge in [0.2, 0.25) is 0 Å². The zero-order chi connectivity index (χ0) is 16.0. The minimum Gasteiger partial charge on any atom is -0.444 e. The van der Waals surface area contributed by atoms with E-state index in [1.165, 1.54) is 5.56 Å². The number of nitrogen functional groups attached to an aromatic ring is 1. The van der Waals surface area contributed by atoms with E-state index in [2.05, 4.69) is 6.07 Å². The van der Waals surface area contributed by atoms with Gasteiger partial charge in [-0.05, 0) is 56.9 Å². The summed E-state index contributed by atoms with van der Waals surface area (Å²) < 4.78 is 11.3. The van der Waals surface area contributed by atoms with Gasteiger partial charge in [-0.1, -0.05) is 6.07 Å². The number of benzene rings is 1. The van der Waals surface area contributed by atoms with Crippen LogP contribution in [0.2, 0.25) is 0 Å². The summed E-state index contributed by atoms with van der Waals surface area (Å²) in [5.41, 5.74) is 8.09. The standard InChI is InChI=1S/C17H24N2O3/c1-16(2,3)22-15(20)19-8-9-21-11-17(19)7-6-12-4-5-13(18)10-14(12)17/h4-5,10H,6-9,11,18H2,1-3H3/t17-/m1/s1. The lowest BCUT2D eigenvalue weighted by Gasteiger charge is -2.45. The molecule has 1 saturated heterocycles. The molecule has 3 rings (SSSR count). The summed E-state index contributed by atoms with van der Waals surface area (Å²) in [7, 11) is 0. The highest BCUT2D eigenvalue weighted by Crippen LogP contribution is 2.44. The average Bonchev–Trinajstić information content (AvgIpc) is 2.76. The van der Waals surface area contributed by atoms with E-state index < -0.39 is 11.1 Å². The number of nitrogens with zero attached hydrogens (tertiary/aromatic N) is 1. The monoisotopic (exact) mass is 304 g/mol. The normalized spacial score (nSPS) is 24.4. The topological polar surface area (TPSA) is 64.8 Å². The highest BCUT2D eigenvalue weighted by Gasteiger charge is 2.49. The number of ether oxygens (including phenoxy) is 2. The maximum absolute atomic E-state index is 12.7. The molecule has 120 valence electrons. The summed E-state index contributed by atoms with van der Waals surface area (Å²) in [4.78, 5) is 14.5. The van der Waals surface area contributed by atoms with Crippen molar-refractivity contribution >= 4 is 11.8 Å². The van der Waals surface area contributed by atoms with Gasteiger partial charge in [0, 0.05) is 12.2 Å². The van der Waals surface area contributed by atoms with Crippen LogP contribution in [-0.4, -0.2) is 36.4 Å². The molecule has 5 nitrogen and oxygen atoms in total. The molecular formula is C17H24N2O3. The molecule has 0 aromatic heterocycles. The van der Waals surface area contributed by atoms with Crippen LogP contribution in [0.4, 0.5) is 10.5 Å². The van der Waals surface area contributed by atoms with Gasteiger partial charge >= 0.3 is 6.09 Å². The lowest BCUT2D eigenvalue weighted by molar-refractivity contribution is -0.0778. The Bertz CT molecular complexity index is 590. The number of carbonyl (C=O) groups excluding carboxylic acids is 1. The van der Waals surface area contributed by atoms with Gasteiger partial charge in [0.05, 0.1) is 18.8 Å². The first-order valence-corrected chi connectivity index (χ1v) is 7.79. The van der Waals surface area contributed by atoms with Crippen molar-refractivity contribution in [2.24, 2.45) is 0 Å². The van der Waals surface area contributed by atoms with Gasteiger partial charge in [-0.2, -0.15) is 0 Å². The Kier molecular flexibility index (Phi) is 3.56. The summed E-state index contributed by atoms with van der Waals surface area (Å²) in [6.45, 7) is 7.25. The third-order valence-corrected chi connectivity index (χ3v) is 4.37. The van der Waals surface area contributed by atoms with Gasteiger partial charge in [-0.3, -0.25) is 4.90 Å². The number of rotatable bonds is 0. The molecule has 1 aromatic carbocycles. The minimum atomic E-state index is -0.506. The SMILES string of the molecule is CC(C)(C)OC(=O)N1CCOC[C@@]12CCc1ccc(N)cc12. The third kappa shape index (κ3) is 2.54. The zero-order valence-electron chi connectivity index (χ0n) is 13.5. The van der Waals surface area contributed by atoms with Crippen LogP contribution in [-0.2, 0) is 21.4 Å². The number of carbonyl (C=O) groups is 1. The number of amides is 1. The molecule has 0 unspecified atom stereocenters. The second-order valence-electron chi connectivity index (χ2n) is 7.13. The van der Waals surface area contributed by atoms with Crippen LogP contribution in [0.25, 0.3) is 0 Å². The molecule has 1 fully saturated rings. The van der Waals surface area contributed by atoms with Crippen molar-refractivity contribution in [3.63, 3.8) is 0 Å². The molecule has 0 saturated carbocycles. The first kappa shape index (κ1) is 15.2. The smallest absolute Gasteiger partial charge is 0.411 e. The van der Waals surface area contributed by atoms with Gasteiger partial charge in [0.1, 0.15) is 5.60 Å². The second kappa shape index (κ2) is 5.16. The molecule has 1 aliphatic carbocycles. The predicted octanol–water partition coefficient (Wildman–Crippen LogP) is 2.68. The van der Waals surface area contributed by atoms with E-state index in [0.717, 1.165) is 24.1 Å². The first-order chi connectivity index (χ1) is 10.3. The molecule has 1 heterocycles. The quantitative estimate of drug-likeness (QED) is 0.748. The molecule has 1 aliphatic heterocycles. The number of hydrogen-bond donors (Lipinski definition) is 1. The van der Waals surface area contributed by atoms with Gasteiger partial charge in [-0.25, -0.2) is 4.79 Å². The van der Waals surface area contributed by atoms with Crippen molar-refractivity contribution in [2.75, 3.05) is 25.5 Å².